The molecule has 2 rings (SSSR count). The Balaban J connectivity index is 2.03. The summed E-state index contributed by atoms with van der Waals surface area (Å²) in [5, 5.41) is 4.26. The number of aromatic nitrogens is 2. The monoisotopic (exact) mass is 331 g/mol. The van der Waals surface area contributed by atoms with Gasteiger partial charge in [0.05, 0.1) is 6.21 Å². The van der Waals surface area contributed by atoms with Gasteiger partial charge in [0, 0.05) is 25.8 Å². The van der Waals surface area contributed by atoms with Gasteiger partial charge in [-0.05, 0) is 24.0 Å². The van der Waals surface area contributed by atoms with Gasteiger partial charge in [-0.2, -0.15) is 5.10 Å². The third-order valence-electron chi connectivity index (χ3n) is 2.94. The van der Waals surface area contributed by atoms with E-state index in [2.05, 4.69) is 20.5 Å². The van der Waals surface area contributed by atoms with Crippen molar-refractivity contribution < 1.29 is 4.79 Å². The molecule has 0 bridgehead atoms. The number of anilines is 1. The van der Waals surface area contributed by atoms with Gasteiger partial charge in [-0.1, -0.05) is 23.9 Å². The summed E-state index contributed by atoms with van der Waals surface area (Å²) in [4.78, 5) is 31.9. The number of thioether (sulfide) groups is 1. The van der Waals surface area contributed by atoms with Crippen LogP contribution >= 0.6 is 11.8 Å². The van der Waals surface area contributed by atoms with E-state index in [9.17, 15) is 9.59 Å². The number of rotatable bonds is 5. The summed E-state index contributed by atoms with van der Waals surface area (Å²) in [5.74, 6) is -0.535. The molecule has 2 aromatic rings. The second-order valence-corrected chi connectivity index (χ2v) is 5.62. The zero-order valence-corrected chi connectivity index (χ0v) is 13.8. The minimum Gasteiger partial charge on any atom is -0.378 e. The Morgan fingerprint density at radius 2 is 2.04 bits per heavy atom. The van der Waals surface area contributed by atoms with E-state index in [0.717, 1.165) is 17.3 Å². The Bertz CT molecular complexity index is 768. The molecular formula is C15H17N5O2S. The molecule has 0 spiro atoms. The molecule has 1 aromatic heterocycles. The number of nitrogens with zero attached hydrogens (tertiary/aromatic N) is 3. The van der Waals surface area contributed by atoms with Gasteiger partial charge in [0.1, 0.15) is 5.69 Å². The molecule has 0 saturated carbocycles. The van der Waals surface area contributed by atoms with E-state index in [-0.39, 0.29) is 11.3 Å². The van der Waals surface area contributed by atoms with Crippen molar-refractivity contribution in [2.45, 2.75) is 5.16 Å². The summed E-state index contributed by atoms with van der Waals surface area (Å²) in [6.45, 7) is 0. The Morgan fingerprint density at radius 1 is 1.35 bits per heavy atom. The number of hydrogen-bond acceptors (Lipinski definition) is 6. The fourth-order valence-corrected chi connectivity index (χ4v) is 2.12. The predicted molar refractivity (Wildman–Crippen MR) is 92.5 cm³/mol. The quantitative estimate of drug-likeness (QED) is 0.373. The predicted octanol–water partition coefficient (Wildman–Crippen LogP) is 1.32. The molecule has 2 N–H and O–H groups in total. The number of nitrogens with one attached hydrogen (secondary N) is 2. The van der Waals surface area contributed by atoms with E-state index in [1.165, 1.54) is 18.0 Å². The van der Waals surface area contributed by atoms with Crippen molar-refractivity contribution >= 4 is 29.6 Å². The zero-order chi connectivity index (χ0) is 16.8. The number of hydrogen-bond donors (Lipinski definition) is 2. The van der Waals surface area contributed by atoms with Gasteiger partial charge in [0.25, 0.3) is 11.5 Å². The lowest BCUT2D eigenvalue weighted by molar-refractivity contribution is 0.0949. The Kier molecular flexibility index (Phi) is 5.53. The van der Waals surface area contributed by atoms with Gasteiger partial charge in [-0.15, -0.1) is 0 Å². The van der Waals surface area contributed by atoms with E-state index in [0.29, 0.717) is 5.16 Å². The zero-order valence-electron chi connectivity index (χ0n) is 13.0. The molecule has 8 heteroatoms. The molecule has 7 nitrogen and oxygen atoms in total. The third kappa shape index (κ3) is 4.68. The molecule has 0 atom stereocenters. The van der Waals surface area contributed by atoms with E-state index in [4.69, 9.17) is 0 Å². The van der Waals surface area contributed by atoms with Crippen LogP contribution in [0, 0.1) is 0 Å². The van der Waals surface area contributed by atoms with Crippen LogP contribution in [-0.4, -0.2) is 42.4 Å². The van der Waals surface area contributed by atoms with Gasteiger partial charge >= 0.3 is 0 Å². The van der Waals surface area contributed by atoms with E-state index in [1.807, 2.05) is 43.3 Å². The number of carbonyl (C=O) groups is 1. The highest BCUT2D eigenvalue weighted by atomic mass is 32.2. The molecule has 0 saturated heterocycles. The molecule has 0 aliphatic rings. The highest BCUT2D eigenvalue weighted by molar-refractivity contribution is 7.98. The molecule has 0 unspecified atom stereocenters. The van der Waals surface area contributed by atoms with Gasteiger partial charge < -0.3 is 9.88 Å². The molecule has 120 valence electrons. The molecule has 0 radical (unpaired) electrons. The van der Waals surface area contributed by atoms with Crippen LogP contribution in [0.5, 0.6) is 0 Å². The minimum atomic E-state index is -0.535. The molecule has 1 heterocycles. The van der Waals surface area contributed by atoms with E-state index in [1.54, 1.807) is 6.26 Å². The van der Waals surface area contributed by atoms with Crippen molar-refractivity contribution in [1.82, 2.24) is 15.4 Å². The number of hydrazone groups is 1. The smallest absolute Gasteiger partial charge is 0.290 e. The van der Waals surface area contributed by atoms with Crippen molar-refractivity contribution in [3.05, 3.63) is 51.9 Å². The van der Waals surface area contributed by atoms with Crippen molar-refractivity contribution in [3.63, 3.8) is 0 Å². The first kappa shape index (κ1) is 16.8. The lowest BCUT2D eigenvalue weighted by Crippen LogP contribution is -2.22. The fourth-order valence-electron chi connectivity index (χ4n) is 1.73. The molecule has 0 aliphatic carbocycles. The number of H-pyrrole nitrogens is 1. The molecule has 0 aliphatic heterocycles. The van der Waals surface area contributed by atoms with Crippen LogP contribution in [0.3, 0.4) is 0 Å². The Labute approximate surface area is 137 Å². The fraction of sp³-hybridized carbons (Fsp3) is 0.200. The van der Waals surface area contributed by atoms with Crippen LogP contribution in [0.4, 0.5) is 5.69 Å². The first-order chi connectivity index (χ1) is 11.0. The average molecular weight is 331 g/mol. The molecular weight excluding hydrogens is 314 g/mol. The normalized spacial score (nSPS) is 10.7. The number of amides is 1. The molecule has 0 fully saturated rings. The van der Waals surface area contributed by atoms with Gasteiger partial charge in [0.2, 0.25) is 0 Å². The van der Waals surface area contributed by atoms with Crippen LogP contribution in [0.2, 0.25) is 0 Å². The van der Waals surface area contributed by atoms with Crippen molar-refractivity contribution in [2.24, 2.45) is 5.10 Å². The van der Waals surface area contributed by atoms with E-state index < -0.39 is 5.91 Å². The first-order valence-corrected chi connectivity index (χ1v) is 7.98. The van der Waals surface area contributed by atoms with Crippen LogP contribution in [0.15, 0.2) is 45.4 Å². The third-order valence-corrected chi connectivity index (χ3v) is 3.52. The second kappa shape index (κ2) is 7.59. The highest BCUT2D eigenvalue weighted by Crippen LogP contribution is 2.10. The topological polar surface area (TPSA) is 90.4 Å². The van der Waals surface area contributed by atoms with Gasteiger partial charge in [0.15, 0.2) is 5.16 Å². The van der Waals surface area contributed by atoms with Crippen molar-refractivity contribution in [3.8, 4) is 0 Å². The number of carbonyl (C=O) groups excluding carboxylic acids is 1. The van der Waals surface area contributed by atoms with Crippen LogP contribution in [0.1, 0.15) is 16.1 Å². The maximum atomic E-state index is 11.9. The van der Waals surface area contributed by atoms with Crippen LogP contribution in [0.25, 0.3) is 0 Å². The van der Waals surface area contributed by atoms with E-state index >= 15 is 0 Å². The maximum Gasteiger partial charge on any atom is 0.290 e. The van der Waals surface area contributed by atoms with Gasteiger partial charge in [-0.25, -0.2) is 10.4 Å². The number of benzene rings is 1. The summed E-state index contributed by atoms with van der Waals surface area (Å²) in [6.07, 6.45) is 3.29. The average Bonchev–Trinajstić information content (AvgIpc) is 2.54. The Hall–Kier alpha value is -2.61. The van der Waals surface area contributed by atoms with Crippen LogP contribution < -0.4 is 15.9 Å². The summed E-state index contributed by atoms with van der Waals surface area (Å²) in [7, 11) is 3.92. The highest BCUT2D eigenvalue weighted by Gasteiger charge is 2.08. The summed E-state index contributed by atoms with van der Waals surface area (Å²) >= 11 is 1.25. The van der Waals surface area contributed by atoms with Gasteiger partial charge in [-0.3, -0.25) is 9.59 Å². The summed E-state index contributed by atoms with van der Waals surface area (Å²) in [5.41, 5.74) is 3.93. The van der Waals surface area contributed by atoms with Crippen molar-refractivity contribution in [2.75, 3.05) is 25.3 Å². The summed E-state index contributed by atoms with van der Waals surface area (Å²) < 4.78 is 0. The largest absolute Gasteiger partial charge is 0.378 e. The second-order valence-electron chi connectivity index (χ2n) is 4.82. The molecule has 23 heavy (non-hydrogen) atoms. The maximum absolute atomic E-state index is 11.9. The first-order valence-electron chi connectivity index (χ1n) is 6.76. The summed E-state index contributed by atoms with van der Waals surface area (Å²) in [6, 6.07) is 8.82. The standard InChI is InChI=1S/C15H17N5O2S/c1-20(2)11-6-4-10(5-7-11)9-16-19-14(22)12-8-13(21)18-15(17-12)23-3/h4-9H,1-3H3,(H,19,22)(H,17,18,21). The van der Waals surface area contributed by atoms with Crippen molar-refractivity contribution in [1.29, 1.82) is 0 Å². The molecule has 1 amide bonds. The molecule has 1 aromatic carbocycles. The SMILES string of the molecule is CSc1nc(C(=O)NN=Cc2ccc(N(C)C)cc2)cc(=O)[nH]1. The van der Waals surface area contributed by atoms with Crippen LogP contribution in [-0.2, 0) is 0 Å². The minimum absolute atomic E-state index is 0.0261. The lowest BCUT2D eigenvalue weighted by Gasteiger charge is -2.11. The Morgan fingerprint density at radius 3 is 2.65 bits per heavy atom. The number of aromatic amines is 1. The lowest BCUT2D eigenvalue weighted by atomic mass is 10.2.